The monoisotopic (exact) mass is 381 g/mol. The van der Waals surface area contributed by atoms with Crippen molar-refractivity contribution >= 4 is 16.9 Å². The number of aryl methyl sites for hydroxylation is 1. The Morgan fingerprint density at radius 2 is 2.14 bits per heavy atom. The average molecular weight is 382 g/mol. The minimum atomic E-state index is 0.375. The number of guanidine groups is 1. The van der Waals surface area contributed by atoms with Crippen molar-refractivity contribution in [1.82, 2.24) is 30.4 Å². The minimum Gasteiger partial charge on any atom is -0.361 e. The maximum absolute atomic E-state index is 4.79. The number of H-pyrrole nitrogens is 1. The van der Waals surface area contributed by atoms with E-state index < -0.39 is 0 Å². The van der Waals surface area contributed by atoms with Crippen LogP contribution in [0.15, 0.2) is 41.8 Å². The molecular weight excluding hydrogens is 350 g/mol. The van der Waals surface area contributed by atoms with Crippen molar-refractivity contribution < 1.29 is 0 Å². The van der Waals surface area contributed by atoms with E-state index in [9.17, 15) is 0 Å². The van der Waals surface area contributed by atoms with Gasteiger partial charge in [-0.1, -0.05) is 32.0 Å². The van der Waals surface area contributed by atoms with Crippen molar-refractivity contribution in [2.24, 2.45) is 4.99 Å². The van der Waals surface area contributed by atoms with E-state index >= 15 is 0 Å². The molecule has 0 saturated heterocycles. The Kier molecular flexibility index (Phi) is 7.06. The molecule has 0 aliphatic heterocycles. The van der Waals surface area contributed by atoms with Crippen LogP contribution in [-0.4, -0.2) is 44.8 Å². The molecule has 0 bridgehead atoms. The van der Waals surface area contributed by atoms with Crippen LogP contribution in [0.2, 0.25) is 0 Å². The molecule has 3 aromatic rings. The molecule has 0 spiro atoms. The molecule has 0 radical (unpaired) electrons. The van der Waals surface area contributed by atoms with E-state index in [1.807, 2.05) is 0 Å². The van der Waals surface area contributed by atoms with Crippen molar-refractivity contribution in [2.75, 3.05) is 13.1 Å². The average Bonchev–Trinajstić information content (AvgIpc) is 3.34. The van der Waals surface area contributed by atoms with Gasteiger partial charge in [-0.05, 0) is 31.4 Å². The second-order valence-electron chi connectivity index (χ2n) is 7.01. The topological polar surface area (TPSA) is 82.9 Å². The standard InChI is InChI=1S/C21H31N7/c1-4-16(3)26-21(23-12-13-28-15-25-27-20(28)5-2)22-11-10-17-14-24-19-9-7-6-8-18(17)19/h6-9,14-16,24H,4-5,10-13H2,1-3H3,(H2,22,23,26). The van der Waals surface area contributed by atoms with Gasteiger partial charge < -0.3 is 20.2 Å². The van der Waals surface area contributed by atoms with Gasteiger partial charge in [0.1, 0.15) is 12.2 Å². The molecule has 1 unspecified atom stereocenters. The Balaban J connectivity index is 1.58. The van der Waals surface area contributed by atoms with Gasteiger partial charge in [-0.2, -0.15) is 0 Å². The fraction of sp³-hybridized carbons (Fsp3) is 0.476. The van der Waals surface area contributed by atoms with Crippen LogP contribution < -0.4 is 10.6 Å². The van der Waals surface area contributed by atoms with Crippen molar-refractivity contribution in [3.63, 3.8) is 0 Å². The first-order chi connectivity index (χ1) is 13.7. The highest BCUT2D eigenvalue weighted by Crippen LogP contribution is 2.17. The molecule has 3 rings (SSSR count). The van der Waals surface area contributed by atoms with Crippen LogP contribution in [0.25, 0.3) is 10.9 Å². The second kappa shape index (κ2) is 9.92. The normalized spacial score (nSPS) is 13.0. The molecule has 150 valence electrons. The highest BCUT2D eigenvalue weighted by atomic mass is 15.3. The fourth-order valence-electron chi connectivity index (χ4n) is 3.15. The zero-order valence-corrected chi connectivity index (χ0v) is 17.1. The lowest BCUT2D eigenvalue weighted by molar-refractivity contribution is 0.599. The molecule has 7 heteroatoms. The van der Waals surface area contributed by atoms with Gasteiger partial charge in [0.05, 0.1) is 0 Å². The van der Waals surface area contributed by atoms with Gasteiger partial charge in [0, 0.05) is 49.2 Å². The van der Waals surface area contributed by atoms with Crippen molar-refractivity contribution in [2.45, 2.75) is 52.6 Å². The van der Waals surface area contributed by atoms with Gasteiger partial charge in [0.15, 0.2) is 5.96 Å². The lowest BCUT2D eigenvalue weighted by Gasteiger charge is -2.17. The summed E-state index contributed by atoms with van der Waals surface area (Å²) < 4.78 is 2.08. The Morgan fingerprint density at radius 1 is 1.29 bits per heavy atom. The van der Waals surface area contributed by atoms with E-state index in [0.717, 1.165) is 50.7 Å². The number of benzene rings is 1. The number of fused-ring (bicyclic) bond motifs is 1. The predicted octanol–water partition coefficient (Wildman–Crippen LogP) is 2.90. The summed E-state index contributed by atoms with van der Waals surface area (Å²) in [4.78, 5) is 8.13. The number of hydrogen-bond donors (Lipinski definition) is 3. The van der Waals surface area contributed by atoms with Gasteiger partial charge in [0.2, 0.25) is 0 Å². The van der Waals surface area contributed by atoms with Gasteiger partial charge in [-0.15, -0.1) is 10.2 Å². The third-order valence-electron chi connectivity index (χ3n) is 4.98. The maximum Gasteiger partial charge on any atom is 0.191 e. The number of aromatic amines is 1. The summed E-state index contributed by atoms with van der Waals surface area (Å²) in [5, 5.41) is 16.3. The summed E-state index contributed by atoms with van der Waals surface area (Å²) in [6.45, 7) is 8.77. The first-order valence-electron chi connectivity index (χ1n) is 10.2. The second-order valence-corrected chi connectivity index (χ2v) is 7.01. The number of hydrogen-bond acceptors (Lipinski definition) is 3. The zero-order valence-electron chi connectivity index (χ0n) is 17.1. The summed E-state index contributed by atoms with van der Waals surface area (Å²) in [5.41, 5.74) is 2.48. The number of para-hydroxylation sites is 1. The largest absolute Gasteiger partial charge is 0.361 e. The van der Waals surface area contributed by atoms with Gasteiger partial charge >= 0.3 is 0 Å². The van der Waals surface area contributed by atoms with Gasteiger partial charge in [-0.25, -0.2) is 0 Å². The molecule has 0 amide bonds. The Morgan fingerprint density at radius 3 is 2.96 bits per heavy atom. The minimum absolute atomic E-state index is 0.375. The molecule has 0 saturated carbocycles. The maximum atomic E-state index is 4.79. The van der Waals surface area contributed by atoms with Crippen molar-refractivity contribution in [1.29, 1.82) is 0 Å². The van der Waals surface area contributed by atoms with E-state index in [-0.39, 0.29) is 0 Å². The van der Waals surface area contributed by atoms with E-state index in [2.05, 4.69) is 81.6 Å². The molecule has 1 aromatic carbocycles. The molecule has 2 heterocycles. The van der Waals surface area contributed by atoms with E-state index in [4.69, 9.17) is 4.99 Å². The summed E-state index contributed by atoms with van der Waals surface area (Å²) in [6, 6.07) is 8.77. The third-order valence-corrected chi connectivity index (χ3v) is 4.98. The zero-order chi connectivity index (χ0) is 19.8. The van der Waals surface area contributed by atoms with Gasteiger partial charge in [0.25, 0.3) is 0 Å². The van der Waals surface area contributed by atoms with E-state index in [1.54, 1.807) is 6.33 Å². The summed E-state index contributed by atoms with van der Waals surface area (Å²) in [5.74, 6) is 1.87. The van der Waals surface area contributed by atoms with Gasteiger partial charge in [-0.3, -0.25) is 4.99 Å². The quantitative estimate of drug-likeness (QED) is 0.393. The Hall–Kier alpha value is -2.83. The van der Waals surface area contributed by atoms with E-state index in [1.165, 1.54) is 16.5 Å². The smallest absolute Gasteiger partial charge is 0.191 e. The number of rotatable bonds is 9. The molecule has 28 heavy (non-hydrogen) atoms. The molecule has 0 fully saturated rings. The predicted molar refractivity (Wildman–Crippen MR) is 115 cm³/mol. The number of nitrogens with zero attached hydrogens (tertiary/aromatic N) is 4. The fourth-order valence-corrected chi connectivity index (χ4v) is 3.15. The first kappa shape index (κ1) is 19.9. The van der Waals surface area contributed by atoms with Crippen LogP contribution in [0.4, 0.5) is 0 Å². The van der Waals surface area contributed by atoms with Crippen LogP contribution in [0.5, 0.6) is 0 Å². The van der Waals surface area contributed by atoms with Crippen LogP contribution in [0, 0.1) is 0 Å². The molecule has 7 nitrogen and oxygen atoms in total. The van der Waals surface area contributed by atoms with Crippen LogP contribution >= 0.6 is 0 Å². The third kappa shape index (κ3) is 5.12. The van der Waals surface area contributed by atoms with E-state index in [0.29, 0.717) is 6.04 Å². The summed E-state index contributed by atoms with van der Waals surface area (Å²) >= 11 is 0. The Labute approximate surface area is 166 Å². The summed E-state index contributed by atoms with van der Waals surface area (Å²) in [7, 11) is 0. The Bertz CT molecular complexity index is 893. The summed E-state index contributed by atoms with van der Waals surface area (Å²) in [6.07, 6.45) is 6.72. The highest BCUT2D eigenvalue weighted by Gasteiger charge is 2.06. The molecule has 2 aromatic heterocycles. The molecule has 3 N–H and O–H groups in total. The number of aliphatic imine (C=N–C) groups is 1. The molecule has 1 atom stereocenters. The van der Waals surface area contributed by atoms with Crippen LogP contribution in [0.1, 0.15) is 38.6 Å². The molecular formula is C21H31N7. The van der Waals surface area contributed by atoms with Crippen LogP contribution in [0.3, 0.4) is 0 Å². The highest BCUT2D eigenvalue weighted by molar-refractivity contribution is 5.83. The number of nitrogens with one attached hydrogen (secondary N) is 3. The van der Waals surface area contributed by atoms with Crippen molar-refractivity contribution in [3.8, 4) is 0 Å². The number of aromatic nitrogens is 4. The lowest BCUT2D eigenvalue weighted by atomic mass is 10.1. The van der Waals surface area contributed by atoms with Crippen LogP contribution in [-0.2, 0) is 19.4 Å². The lowest BCUT2D eigenvalue weighted by Crippen LogP contribution is -2.43. The molecule has 0 aliphatic rings. The van der Waals surface area contributed by atoms with Crippen molar-refractivity contribution in [3.05, 3.63) is 48.2 Å². The SMILES string of the molecule is CCc1nncn1CCNC(=NCCc1c[nH]c2ccccc12)NC(C)CC. The first-order valence-corrected chi connectivity index (χ1v) is 10.2. The molecule has 0 aliphatic carbocycles.